The van der Waals surface area contributed by atoms with Crippen molar-refractivity contribution in [2.24, 2.45) is 0 Å². The van der Waals surface area contributed by atoms with Crippen LogP contribution in [0.4, 0.5) is 24.5 Å². The van der Waals surface area contributed by atoms with E-state index in [2.05, 4.69) is 15.0 Å². The van der Waals surface area contributed by atoms with Crippen molar-refractivity contribution in [3.63, 3.8) is 0 Å². The third kappa shape index (κ3) is 5.17. The van der Waals surface area contributed by atoms with E-state index in [1.165, 1.54) is 24.3 Å². The molecule has 3 aromatic carbocycles. The summed E-state index contributed by atoms with van der Waals surface area (Å²) >= 11 is 0. The van der Waals surface area contributed by atoms with E-state index in [1.54, 1.807) is 42.5 Å². The largest absolute Gasteiger partial charge is 0.417 e. The Hall–Kier alpha value is -3.79. The van der Waals surface area contributed by atoms with Crippen LogP contribution in [0.1, 0.15) is 16.1 Å². The highest BCUT2D eigenvalue weighted by molar-refractivity contribution is 7.92. The molecule has 0 saturated heterocycles. The maximum absolute atomic E-state index is 13.4. The molecule has 0 atom stereocenters. The average molecular weight is 473 g/mol. The predicted molar refractivity (Wildman–Crippen MR) is 122 cm³/mol. The number of alkyl halides is 3. The molecule has 0 bridgehead atoms. The molecule has 1 aromatic heterocycles. The molecule has 0 aliphatic rings. The molecule has 0 aliphatic heterocycles. The van der Waals surface area contributed by atoms with Crippen LogP contribution in [0.2, 0.25) is 0 Å². The van der Waals surface area contributed by atoms with Crippen LogP contribution < -0.4 is 10.0 Å². The number of anilines is 2. The summed E-state index contributed by atoms with van der Waals surface area (Å²) in [6.07, 6.45) is -3.48. The zero-order valence-corrected chi connectivity index (χ0v) is 18.0. The second-order valence-corrected chi connectivity index (χ2v) is 9.19. The van der Waals surface area contributed by atoms with E-state index >= 15 is 0 Å². The number of fused-ring (bicyclic) bond motifs is 1. The van der Waals surface area contributed by atoms with Gasteiger partial charge in [0.1, 0.15) is 5.69 Å². The number of carbonyl (C=O) groups excluding carboxylic acids is 1. The van der Waals surface area contributed by atoms with E-state index in [1.807, 2.05) is 0 Å². The van der Waals surface area contributed by atoms with Crippen molar-refractivity contribution in [3.05, 3.63) is 84.1 Å². The van der Waals surface area contributed by atoms with Gasteiger partial charge in [-0.25, -0.2) is 8.42 Å². The van der Waals surface area contributed by atoms with Gasteiger partial charge in [0.05, 0.1) is 17.5 Å². The van der Waals surface area contributed by atoms with Gasteiger partial charge in [0.2, 0.25) is 10.0 Å². The first-order valence-corrected chi connectivity index (χ1v) is 11.6. The lowest BCUT2D eigenvalue weighted by Crippen LogP contribution is -2.12. The Kier molecular flexibility index (Phi) is 5.62. The zero-order chi connectivity index (χ0) is 23.8. The second-order valence-electron chi connectivity index (χ2n) is 7.44. The second kappa shape index (κ2) is 8.28. The fourth-order valence-corrected chi connectivity index (χ4v) is 4.03. The van der Waals surface area contributed by atoms with Gasteiger partial charge >= 0.3 is 6.18 Å². The van der Waals surface area contributed by atoms with Crippen molar-refractivity contribution in [2.45, 2.75) is 6.18 Å². The monoisotopic (exact) mass is 473 g/mol. The SMILES string of the molecule is CS(=O)(=O)Nc1ccc2cc(C(=O)Nc3cccc(-c4ccccc4C(F)(F)F)c3)[nH]c2c1. The first-order chi connectivity index (χ1) is 15.5. The van der Waals surface area contributed by atoms with Gasteiger partial charge in [-0.15, -0.1) is 0 Å². The normalized spacial score (nSPS) is 12.0. The molecule has 33 heavy (non-hydrogen) atoms. The molecular weight excluding hydrogens is 455 g/mol. The number of benzene rings is 3. The van der Waals surface area contributed by atoms with Crippen molar-refractivity contribution >= 4 is 38.2 Å². The number of nitrogens with one attached hydrogen (secondary N) is 3. The van der Waals surface area contributed by atoms with Crippen molar-refractivity contribution < 1.29 is 26.4 Å². The van der Waals surface area contributed by atoms with Crippen LogP contribution in [0.15, 0.2) is 72.8 Å². The molecule has 0 unspecified atom stereocenters. The smallest absolute Gasteiger partial charge is 0.350 e. The lowest BCUT2D eigenvalue weighted by atomic mass is 9.99. The van der Waals surface area contributed by atoms with Crippen LogP contribution in [-0.2, 0) is 16.2 Å². The topological polar surface area (TPSA) is 91.1 Å². The van der Waals surface area contributed by atoms with E-state index in [9.17, 15) is 26.4 Å². The Bertz CT molecular complexity index is 1460. The van der Waals surface area contributed by atoms with Gasteiger partial charge in [0.25, 0.3) is 5.91 Å². The molecule has 4 aromatic rings. The first-order valence-electron chi connectivity index (χ1n) is 9.68. The third-order valence-corrected chi connectivity index (χ3v) is 5.44. The average Bonchev–Trinajstić information content (AvgIpc) is 3.16. The molecule has 6 nitrogen and oxygen atoms in total. The number of carbonyl (C=O) groups is 1. The van der Waals surface area contributed by atoms with E-state index < -0.39 is 27.7 Å². The number of amides is 1. The number of hydrogen-bond donors (Lipinski definition) is 3. The summed E-state index contributed by atoms with van der Waals surface area (Å²) < 4.78 is 65.3. The van der Waals surface area contributed by atoms with Crippen molar-refractivity contribution in [2.75, 3.05) is 16.3 Å². The molecule has 170 valence electrons. The molecule has 10 heteroatoms. The van der Waals surface area contributed by atoms with Gasteiger partial charge < -0.3 is 10.3 Å². The van der Waals surface area contributed by atoms with Crippen LogP contribution >= 0.6 is 0 Å². The Morgan fingerprint density at radius 3 is 2.39 bits per heavy atom. The van der Waals surface area contributed by atoms with E-state index in [0.717, 1.165) is 12.3 Å². The molecule has 0 radical (unpaired) electrons. The highest BCUT2D eigenvalue weighted by Crippen LogP contribution is 2.37. The summed E-state index contributed by atoms with van der Waals surface area (Å²) in [4.78, 5) is 15.7. The summed E-state index contributed by atoms with van der Waals surface area (Å²) in [5, 5.41) is 3.36. The lowest BCUT2D eigenvalue weighted by molar-refractivity contribution is -0.137. The van der Waals surface area contributed by atoms with Gasteiger partial charge in [0, 0.05) is 16.6 Å². The molecular formula is C23H18F3N3O3S. The minimum atomic E-state index is -4.51. The Labute approximate surface area is 187 Å². The molecule has 4 rings (SSSR count). The highest BCUT2D eigenvalue weighted by Gasteiger charge is 2.33. The van der Waals surface area contributed by atoms with Crippen LogP contribution in [0.3, 0.4) is 0 Å². The highest BCUT2D eigenvalue weighted by atomic mass is 32.2. The maximum atomic E-state index is 13.4. The van der Waals surface area contributed by atoms with Crippen molar-refractivity contribution in [1.29, 1.82) is 0 Å². The third-order valence-electron chi connectivity index (χ3n) is 4.83. The molecule has 3 N–H and O–H groups in total. The predicted octanol–water partition coefficient (Wildman–Crippen LogP) is 5.48. The molecule has 1 amide bonds. The zero-order valence-electron chi connectivity index (χ0n) is 17.2. The standard InChI is InChI=1S/C23H18F3N3O3S/c1-33(31,32)29-17-10-9-15-12-21(28-20(15)13-17)22(30)27-16-6-4-5-14(11-16)18-7-2-3-8-19(18)23(24,25)26/h2-13,28-29H,1H3,(H,27,30). The molecule has 0 spiro atoms. The van der Waals surface area contributed by atoms with E-state index in [0.29, 0.717) is 27.8 Å². The summed E-state index contributed by atoms with van der Waals surface area (Å²) in [5.74, 6) is -0.495. The fraction of sp³-hybridized carbons (Fsp3) is 0.0870. The minimum Gasteiger partial charge on any atom is -0.350 e. The van der Waals surface area contributed by atoms with Gasteiger partial charge in [0.15, 0.2) is 0 Å². The van der Waals surface area contributed by atoms with Gasteiger partial charge in [-0.3, -0.25) is 9.52 Å². The molecule has 0 saturated carbocycles. The van der Waals surface area contributed by atoms with Crippen molar-refractivity contribution in [3.8, 4) is 11.1 Å². The summed E-state index contributed by atoms with van der Waals surface area (Å²) in [7, 11) is -3.45. The summed E-state index contributed by atoms with van der Waals surface area (Å²) in [6.45, 7) is 0. The van der Waals surface area contributed by atoms with Crippen LogP contribution in [0.25, 0.3) is 22.0 Å². The number of sulfonamides is 1. The number of aromatic amines is 1. The van der Waals surface area contributed by atoms with Crippen LogP contribution in [0.5, 0.6) is 0 Å². The number of hydrogen-bond acceptors (Lipinski definition) is 3. The fourth-order valence-electron chi connectivity index (χ4n) is 3.47. The van der Waals surface area contributed by atoms with Gasteiger partial charge in [-0.2, -0.15) is 13.2 Å². The van der Waals surface area contributed by atoms with Gasteiger partial charge in [-0.05, 0) is 47.5 Å². The quantitative estimate of drug-likeness (QED) is 0.359. The number of halogens is 3. The van der Waals surface area contributed by atoms with Crippen LogP contribution in [0, 0.1) is 0 Å². The number of rotatable bonds is 5. The van der Waals surface area contributed by atoms with Crippen molar-refractivity contribution in [1.82, 2.24) is 4.98 Å². The summed E-state index contributed by atoms with van der Waals surface area (Å²) in [6, 6.07) is 17.8. The number of aromatic nitrogens is 1. The minimum absolute atomic E-state index is 0.0117. The van der Waals surface area contributed by atoms with Gasteiger partial charge in [-0.1, -0.05) is 36.4 Å². The molecule has 1 heterocycles. The summed E-state index contributed by atoms with van der Waals surface area (Å²) in [5.41, 5.74) is 0.987. The Balaban J connectivity index is 1.59. The Morgan fingerprint density at radius 1 is 0.909 bits per heavy atom. The van der Waals surface area contributed by atoms with E-state index in [-0.39, 0.29) is 11.3 Å². The lowest BCUT2D eigenvalue weighted by Gasteiger charge is -2.13. The Morgan fingerprint density at radius 2 is 1.67 bits per heavy atom. The molecule has 0 aliphatic carbocycles. The maximum Gasteiger partial charge on any atom is 0.417 e. The van der Waals surface area contributed by atoms with E-state index in [4.69, 9.17) is 0 Å². The first kappa shape index (κ1) is 22.4. The van der Waals surface area contributed by atoms with Crippen LogP contribution in [-0.4, -0.2) is 25.6 Å². The number of H-pyrrole nitrogens is 1. The molecule has 0 fully saturated rings.